The Kier molecular flexibility index (Phi) is 5.85. The largest absolute Gasteiger partial charge is 0.377 e. The lowest BCUT2D eigenvalue weighted by Crippen LogP contribution is -2.36. The van der Waals surface area contributed by atoms with E-state index in [2.05, 4.69) is 0 Å². The van der Waals surface area contributed by atoms with Crippen LogP contribution in [0.3, 0.4) is 0 Å². The Labute approximate surface area is 156 Å². The fraction of sp³-hybridized carbons (Fsp3) is 0.375. The quantitative estimate of drug-likeness (QED) is 0.713. The van der Waals surface area contributed by atoms with Gasteiger partial charge in [0.25, 0.3) is 0 Å². The van der Waals surface area contributed by atoms with Gasteiger partial charge in [0.1, 0.15) is 0 Å². The first kappa shape index (κ1) is 18.2. The Morgan fingerprint density at radius 2 is 2.00 bits per heavy atom. The zero-order valence-corrected chi connectivity index (χ0v) is 16.0. The van der Waals surface area contributed by atoms with E-state index in [0.29, 0.717) is 29.7 Å². The lowest BCUT2D eigenvalue weighted by molar-refractivity contribution is 0.0927. The summed E-state index contributed by atoms with van der Waals surface area (Å²) in [7, 11) is -3.72. The third kappa shape index (κ3) is 4.31. The minimum absolute atomic E-state index is 0.0746. The van der Waals surface area contributed by atoms with E-state index in [9.17, 15) is 8.42 Å². The van der Waals surface area contributed by atoms with E-state index >= 15 is 0 Å². The lowest BCUT2D eigenvalue weighted by atomic mass is 10.2. The molecule has 8 heteroatoms. The fourth-order valence-corrected chi connectivity index (χ4v) is 5.64. The normalized spacial score (nSPS) is 18.4. The third-order valence-corrected chi connectivity index (χ3v) is 6.90. The summed E-state index contributed by atoms with van der Waals surface area (Å²) in [6.45, 7) is 1.31. The molecule has 0 aliphatic carbocycles. The monoisotopic (exact) mass is 405 g/mol. The smallest absolute Gasteiger partial charge is 0.243 e. The molecule has 4 nitrogen and oxygen atoms in total. The zero-order chi connectivity index (χ0) is 17.2. The lowest BCUT2D eigenvalue weighted by Gasteiger charge is -2.24. The summed E-state index contributed by atoms with van der Waals surface area (Å²) in [5, 5.41) is 2.53. The number of nitrogens with zero attached hydrogens (tertiary/aromatic N) is 1. The van der Waals surface area contributed by atoms with Crippen molar-refractivity contribution in [1.82, 2.24) is 4.31 Å². The maximum Gasteiger partial charge on any atom is 0.243 e. The summed E-state index contributed by atoms with van der Waals surface area (Å²) in [5.41, 5.74) is 0. The molecular formula is C16H17Cl2NO3S2. The van der Waals surface area contributed by atoms with Gasteiger partial charge in [-0.05, 0) is 42.5 Å². The minimum atomic E-state index is -3.72. The summed E-state index contributed by atoms with van der Waals surface area (Å²) in [4.78, 5) is 1.08. The van der Waals surface area contributed by atoms with Crippen LogP contribution in [-0.2, 0) is 21.3 Å². The van der Waals surface area contributed by atoms with E-state index in [1.165, 1.54) is 33.8 Å². The van der Waals surface area contributed by atoms with Gasteiger partial charge in [-0.15, -0.1) is 11.3 Å². The van der Waals surface area contributed by atoms with E-state index in [1.807, 2.05) is 17.5 Å². The van der Waals surface area contributed by atoms with Gasteiger partial charge in [0.05, 0.1) is 11.0 Å². The number of hydrogen-bond donors (Lipinski definition) is 0. The number of ether oxygens (including phenoxy) is 1. The number of thiophene rings is 1. The first-order chi connectivity index (χ1) is 11.4. The molecule has 2 aromatic rings. The Morgan fingerprint density at radius 1 is 1.25 bits per heavy atom. The van der Waals surface area contributed by atoms with Crippen molar-refractivity contribution >= 4 is 44.6 Å². The maximum absolute atomic E-state index is 13.1. The van der Waals surface area contributed by atoms with Crippen molar-refractivity contribution in [3.63, 3.8) is 0 Å². The molecular weight excluding hydrogens is 389 g/mol. The molecule has 130 valence electrons. The summed E-state index contributed by atoms with van der Waals surface area (Å²) in [6.07, 6.45) is 1.75. The minimum Gasteiger partial charge on any atom is -0.377 e. The SMILES string of the molecule is O=S(=O)(c1cc(Cl)cc(Cl)c1)N(Cc1cccs1)CC1CCCO1. The highest BCUT2D eigenvalue weighted by atomic mass is 35.5. The first-order valence-electron chi connectivity index (χ1n) is 7.55. The summed E-state index contributed by atoms with van der Waals surface area (Å²) < 4.78 is 33.3. The van der Waals surface area contributed by atoms with Gasteiger partial charge in [-0.3, -0.25) is 0 Å². The van der Waals surface area contributed by atoms with Crippen LogP contribution in [0.5, 0.6) is 0 Å². The van der Waals surface area contributed by atoms with Crippen molar-refractivity contribution in [3.8, 4) is 0 Å². The standard InChI is InChI=1S/C16H17Cl2NO3S2/c17-12-7-13(18)9-16(8-12)24(20,21)19(10-14-3-1-5-22-14)11-15-4-2-6-23-15/h2,4,6-9,14H,1,3,5,10-11H2. The Bertz CT molecular complexity index is 767. The van der Waals surface area contributed by atoms with Crippen LogP contribution in [-0.4, -0.2) is 32.0 Å². The molecule has 2 heterocycles. The zero-order valence-electron chi connectivity index (χ0n) is 12.8. The van der Waals surface area contributed by atoms with Crippen LogP contribution >= 0.6 is 34.5 Å². The van der Waals surface area contributed by atoms with Crippen LogP contribution in [0.4, 0.5) is 0 Å². The third-order valence-electron chi connectivity index (χ3n) is 3.82. The second-order valence-electron chi connectivity index (χ2n) is 5.62. The van der Waals surface area contributed by atoms with E-state index in [1.54, 1.807) is 0 Å². The molecule has 0 spiro atoms. The molecule has 1 aromatic carbocycles. The topological polar surface area (TPSA) is 46.6 Å². The van der Waals surface area contributed by atoms with Crippen molar-refractivity contribution in [2.24, 2.45) is 0 Å². The van der Waals surface area contributed by atoms with E-state index in [-0.39, 0.29) is 11.0 Å². The first-order valence-corrected chi connectivity index (χ1v) is 10.6. The van der Waals surface area contributed by atoms with Gasteiger partial charge >= 0.3 is 0 Å². The van der Waals surface area contributed by atoms with Crippen molar-refractivity contribution < 1.29 is 13.2 Å². The molecule has 1 aromatic heterocycles. The number of sulfonamides is 1. The average Bonchev–Trinajstić information content (AvgIpc) is 3.19. The number of halogens is 2. The Balaban J connectivity index is 1.92. The van der Waals surface area contributed by atoms with Gasteiger partial charge in [0, 0.05) is 34.6 Å². The fourth-order valence-electron chi connectivity index (χ4n) is 2.67. The predicted octanol–water partition coefficient (Wildman–Crippen LogP) is 4.42. The Morgan fingerprint density at radius 3 is 2.58 bits per heavy atom. The van der Waals surface area contributed by atoms with E-state index < -0.39 is 10.0 Å². The second-order valence-corrected chi connectivity index (χ2v) is 9.46. The van der Waals surface area contributed by atoms with Gasteiger partial charge in [-0.1, -0.05) is 29.3 Å². The van der Waals surface area contributed by atoms with Crippen LogP contribution in [0, 0.1) is 0 Å². The molecule has 24 heavy (non-hydrogen) atoms. The molecule has 3 rings (SSSR count). The van der Waals surface area contributed by atoms with Crippen molar-refractivity contribution in [1.29, 1.82) is 0 Å². The molecule has 1 atom stereocenters. The van der Waals surface area contributed by atoms with Crippen molar-refractivity contribution in [2.45, 2.75) is 30.4 Å². The van der Waals surface area contributed by atoms with Gasteiger partial charge in [-0.2, -0.15) is 4.31 Å². The average molecular weight is 406 g/mol. The Hall–Kier alpha value is -0.630. The van der Waals surface area contributed by atoms with Crippen LogP contribution < -0.4 is 0 Å². The van der Waals surface area contributed by atoms with Crippen molar-refractivity contribution in [3.05, 3.63) is 50.6 Å². The summed E-state index contributed by atoms with van der Waals surface area (Å²) >= 11 is 13.5. The molecule has 0 bridgehead atoms. The molecule has 1 unspecified atom stereocenters. The molecule has 0 saturated carbocycles. The number of rotatable bonds is 6. The summed E-state index contributed by atoms with van der Waals surface area (Å²) in [6, 6.07) is 8.21. The molecule has 0 amide bonds. The molecule has 1 saturated heterocycles. The van der Waals surface area contributed by atoms with E-state index in [0.717, 1.165) is 17.7 Å². The highest BCUT2D eigenvalue weighted by Gasteiger charge is 2.30. The van der Waals surface area contributed by atoms with Gasteiger partial charge in [0.15, 0.2) is 0 Å². The van der Waals surface area contributed by atoms with E-state index in [4.69, 9.17) is 27.9 Å². The highest BCUT2D eigenvalue weighted by molar-refractivity contribution is 7.89. The predicted molar refractivity (Wildman–Crippen MR) is 97.4 cm³/mol. The van der Waals surface area contributed by atoms with Crippen molar-refractivity contribution in [2.75, 3.05) is 13.2 Å². The number of hydrogen-bond acceptors (Lipinski definition) is 4. The van der Waals surface area contributed by atoms with Gasteiger partial charge in [-0.25, -0.2) is 8.42 Å². The van der Waals surface area contributed by atoms with Crippen LogP contribution in [0.1, 0.15) is 17.7 Å². The molecule has 0 N–H and O–H groups in total. The molecule has 1 aliphatic rings. The van der Waals surface area contributed by atoms with Crippen LogP contribution in [0.25, 0.3) is 0 Å². The second kappa shape index (κ2) is 7.72. The maximum atomic E-state index is 13.1. The van der Waals surface area contributed by atoms with Gasteiger partial charge in [0.2, 0.25) is 10.0 Å². The van der Waals surface area contributed by atoms with Crippen LogP contribution in [0.2, 0.25) is 10.0 Å². The molecule has 0 radical (unpaired) electrons. The van der Waals surface area contributed by atoms with Gasteiger partial charge < -0.3 is 4.74 Å². The highest BCUT2D eigenvalue weighted by Crippen LogP contribution is 2.27. The molecule has 1 aliphatic heterocycles. The summed E-state index contributed by atoms with van der Waals surface area (Å²) in [5.74, 6) is 0. The van der Waals surface area contributed by atoms with Crippen LogP contribution in [0.15, 0.2) is 40.6 Å². The number of benzene rings is 1. The molecule has 1 fully saturated rings.